The maximum atomic E-state index is 3.53. The van der Waals surface area contributed by atoms with Crippen LogP contribution in [-0.2, 0) is 0 Å². The summed E-state index contributed by atoms with van der Waals surface area (Å²) in [4.78, 5) is 2.77. The molecule has 0 spiro atoms. The van der Waals surface area contributed by atoms with E-state index in [9.17, 15) is 0 Å². The molecule has 2 saturated heterocycles. The predicted octanol–water partition coefficient (Wildman–Crippen LogP) is 3.03. The minimum atomic E-state index is 0.837. The van der Waals surface area contributed by atoms with E-state index in [1.54, 1.807) is 0 Å². The lowest BCUT2D eigenvalue weighted by Gasteiger charge is -2.29. The zero-order valence-electron chi connectivity index (χ0n) is 11.8. The molecule has 100 valence electrons. The molecular weight excluding hydrogens is 208 g/mol. The van der Waals surface area contributed by atoms with Crippen molar-refractivity contribution in [3.05, 3.63) is 0 Å². The number of rotatable bonds is 5. The van der Waals surface area contributed by atoms with E-state index in [-0.39, 0.29) is 0 Å². The Morgan fingerprint density at radius 3 is 2.82 bits per heavy atom. The first-order valence-corrected chi connectivity index (χ1v) is 7.77. The molecule has 3 atom stereocenters. The molecule has 2 rings (SSSR count). The van der Waals surface area contributed by atoms with Crippen molar-refractivity contribution in [2.24, 2.45) is 5.92 Å². The summed E-state index contributed by atoms with van der Waals surface area (Å²) in [5.74, 6) is 0.960. The monoisotopic (exact) mass is 238 g/mol. The van der Waals surface area contributed by atoms with E-state index in [0.717, 1.165) is 18.0 Å². The molecule has 0 bridgehead atoms. The summed E-state index contributed by atoms with van der Waals surface area (Å²) in [6.07, 6.45) is 9.89. The summed E-state index contributed by atoms with van der Waals surface area (Å²) >= 11 is 0. The number of hydrogen-bond donors (Lipinski definition) is 1. The quantitative estimate of drug-likeness (QED) is 0.792. The second kappa shape index (κ2) is 6.75. The van der Waals surface area contributed by atoms with Crippen molar-refractivity contribution in [1.29, 1.82) is 0 Å². The number of nitrogens with one attached hydrogen (secondary N) is 1. The van der Waals surface area contributed by atoms with E-state index in [2.05, 4.69) is 24.1 Å². The Hall–Kier alpha value is -0.0800. The van der Waals surface area contributed by atoms with Gasteiger partial charge in [-0.3, -0.25) is 4.90 Å². The second-order valence-electron chi connectivity index (χ2n) is 6.08. The van der Waals surface area contributed by atoms with Crippen LogP contribution in [0.15, 0.2) is 0 Å². The fraction of sp³-hybridized carbons (Fsp3) is 1.00. The van der Waals surface area contributed by atoms with Crippen LogP contribution in [0.3, 0.4) is 0 Å². The van der Waals surface area contributed by atoms with Crippen LogP contribution >= 0.6 is 0 Å². The molecule has 2 fully saturated rings. The molecule has 17 heavy (non-hydrogen) atoms. The summed E-state index contributed by atoms with van der Waals surface area (Å²) in [5, 5.41) is 3.53. The van der Waals surface area contributed by atoms with Crippen molar-refractivity contribution in [2.45, 2.75) is 70.9 Å². The highest BCUT2D eigenvalue weighted by molar-refractivity contribution is 4.84. The first kappa shape index (κ1) is 13.4. The van der Waals surface area contributed by atoms with Crippen molar-refractivity contribution >= 4 is 0 Å². The van der Waals surface area contributed by atoms with Gasteiger partial charge in [-0.05, 0) is 77.4 Å². The normalized spacial score (nSPS) is 35.3. The zero-order valence-corrected chi connectivity index (χ0v) is 11.8. The van der Waals surface area contributed by atoms with Gasteiger partial charge in [-0.15, -0.1) is 0 Å². The third-order valence-electron chi connectivity index (χ3n) is 4.85. The van der Waals surface area contributed by atoms with Crippen molar-refractivity contribution < 1.29 is 0 Å². The summed E-state index contributed by atoms with van der Waals surface area (Å²) < 4.78 is 0. The van der Waals surface area contributed by atoms with Gasteiger partial charge in [0.2, 0.25) is 0 Å². The molecule has 0 aromatic carbocycles. The molecule has 0 radical (unpaired) electrons. The van der Waals surface area contributed by atoms with Crippen LogP contribution in [0, 0.1) is 5.92 Å². The topological polar surface area (TPSA) is 15.3 Å². The van der Waals surface area contributed by atoms with E-state index in [0.29, 0.717) is 0 Å². The number of hydrogen-bond acceptors (Lipinski definition) is 2. The fourth-order valence-corrected chi connectivity index (χ4v) is 3.70. The average Bonchev–Trinajstić information content (AvgIpc) is 2.72. The largest absolute Gasteiger partial charge is 0.316 e. The fourth-order valence-electron chi connectivity index (χ4n) is 3.70. The lowest BCUT2D eigenvalue weighted by Crippen LogP contribution is -2.36. The lowest BCUT2D eigenvalue weighted by atomic mass is 9.94. The van der Waals surface area contributed by atoms with Gasteiger partial charge in [0.1, 0.15) is 0 Å². The highest BCUT2D eigenvalue weighted by Gasteiger charge is 2.28. The Morgan fingerprint density at radius 2 is 2.12 bits per heavy atom. The number of likely N-dealkylation sites (tertiary alicyclic amines) is 1. The summed E-state index contributed by atoms with van der Waals surface area (Å²) in [6.45, 7) is 8.62. The summed E-state index contributed by atoms with van der Waals surface area (Å²) in [7, 11) is 0. The van der Waals surface area contributed by atoms with Gasteiger partial charge in [0.25, 0.3) is 0 Å². The summed E-state index contributed by atoms with van der Waals surface area (Å²) in [6, 6.07) is 1.72. The van der Waals surface area contributed by atoms with Crippen molar-refractivity contribution in [2.75, 3.05) is 19.6 Å². The highest BCUT2D eigenvalue weighted by Crippen LogP contribution is 2.27. The molecule has 0 amide bonds. The molecule has 3 unspecified atom stereocenters. The zero-order chi connectivity index (χ0) is 12.1. The molecule has 2 heteroatoms. The Kier molecular flexibility index (Phi) is 5.30. The van der Waals surface area contributed by atoms with Gasteiger partial charge >= 0.3 is 0 Å². The van der Waals surface area contributed by atoms with Crippen molar-refractivity contribution in [3.8, 4) is 0 Å². The van der Waals surface area contributed by atoms with Crippen LogP contribution in [0.2, 0.25) is 0 Å². The Balaban J connectivity index is 1.66. The van der Waals surface area contributed by atoms with Gasteiger partial charge in [0.15, 0.2) is 0 Å². The van der Waals surface area contributed by atoms with Gasteiger partial charge < -0.3 is 5.32 Å². The van der Waals surface area contributed by atoms with Crippen LogP contribution in [-0.4, -0.2) is 36.6 Å². The van der Waals surface area contributed by atoms with E-state index < -0.39 is 0 Å². The van der Waals surface area contributed by atoms with Gasteiger partial charge in [-0.1, -0.05) is 6.92 Å². The third-order valence-corrected chi connectivity index (χ3v) is 4.85. The van der Waals surface area contributed by atoms with Gasteiger partial charge in [0, 0.05) is 12.1 Å². The van der Waals surface area contributed by atoms with Crippen LogP contribution in [0.5, 0.6) is 0 Å². The number of nitrogens with zero attached hydrogens (tertiary/aromatic N) is 1. The van der Waals surface area contributed by atoms with E-state index in [4.69, 9.17) is 0 Å². The maximum absolute atomic E-state index is 3.53. The molecule has 0 aromatic rings. The summed E-state index contributed by atoms with van der Waals surface area (Å²) in [5.41, 5.74) is 0. The second-order valence-corrected chi connectivity index (χ2v) is 6.08. The van der Waals surface area contributed by atoms with Crippen LogP contribution < -0.4 is 5.32 Å². The standard InChI is InChI=1S/C15H30N2/c1-3-15-9-8-13(2)17(15)11-5-7-14-6-4-10-16-12-14/h13-16H,3-12H2,1-2H3. The molecule has 2 aliphatic heterocycles. The van der Waals surface area contributed by atoms with Crippen molar-refractivity contribution in [3.63, 3.8) is 0 Å². The molecule has 0 aromatic heterocycles. The minimum absolute atomic E-state index is 0.837. The predicted molar refractivity (Wildman–Crippen MR) is 74.3 cm³/mol. The molecule has 1 N–H and O–H groups in total. The van der Waals surface area contributed by atoms with Crippen molar-refractivity contribution in [1.82, 2.24) is 10.2 Å². The van der Waals surface area contributed by atoms with E-state index >= 15 is 0 Å². The molecular formula is C15H30N2. The molecule has 2 aliphatic rings. The Labute approximate surface area is 107 Å². The molecule has 2 nitrogen and oxygen atoms in total. The molecule has 0 saturated carbocycles. The average molecular weight is 238 g/mol. The van der Waals surface area contributed by atoms with Gasteiger partial charge in [-0.2, -0.15) is 0 Å². The maximum Gasteiger partial charge on any atom is 0.00960 e. The van der Waals surface area contributed by atoms with E-state index in [1.807, 2.05) is 0 Å². The van der Waals surface area contributed by atoms with Crippen LogP contribution in [0.1, 0.15) is 58.8 Å². The van der Waals surface area contributed by atoms with Gasteiger partial charge in [0.05, 0.1) is 0 Å². The van der Waals surface area contributed by atoms with Crippen LogP contribution in [0.4, 0.5) is 0 Å². The molecule has 0 aliphatic carbocycles. The Morgan fingerprint density at radius 1 is 1.24 bits per heavy atom. The first-order valence-electron chi connectivity index (χ1n) is 7.77. The van der Waals surface area contributed by atoms with E-state index in [1.165, 1.54) is 64.6 Å². The first-order chi connectivity index (χ1) is 8.31. The third kappa shape index (κ3) is 3.69. The van der Waals surface area contributed by atoms with Crippen LogP contribution in [0.25, 0.3) is 0 Å². The minimum Gasteiger partial charge on any atom is -0.316 e. The Bertz CT molecular complexity index is 211. The lowest BCUT2D eigenvalue weighted by molar-refractivity contribution is 0.188. The molecule has 2 heterocycles. The SMILES string of the molecule is CCC1CCC(C)N1CCCC1CCCNC1. The number of piperidine rings is 1. The smallest absolute Gasteiger partial charge is 0.00960 e. The van der Waals surface area contributed by atoms with Gasteiger partial charge in [-0.25, -0.2) is 0 Å². The highest BCUT2D eigenvalue weighted by atomic mass is 15.2.